The molecular formula is C17H17F2N3O2. The van der Waals surface area contributed by atoms with Crippen LogP contribution >= 0.6 is 0 Å². The van der Waals surface area contributed by atoms with Crippen LogP contribution in [0.1, 0.15) is 13.3 Å². The Morgan fingerprint density at radius 1 is 0.958 bits per heavy atom. The van der Waals surface area contributed by atoms with Gasteiger partial charge >= 0.3 is 0 Å². The number of benzene rings is 2. The van der Waals surface area contributed by atoms with Crippen molar-refractivity contribution in [1.82, 2.24) is 0 Å². The average Bonchev–Trinajstić information content (AvgIpc) is 2.50. The van der Waals surface area contributed by atoms with Crippen molar-refractivity contribution < 1.29 is 18.4 Å². The van der Waals surface area contributed by atoms with Crippen LogP contribution in [0.25, 0.3) is 0 Å². The van der Waals surface area contributed by atoms with E-state index in [9.17, 15) is 18.4 Å². The lowest BCUT2D eigenvalue weighted by Crippen LogP contribution is -2.17. The van der Waals surface area contributed by atoms with Gasteiger partial charge in [-0.25, -0.2) is 8.78 Å². The van der Waals surface area contributed by atoms with Gasteiger partial charge in [-0.2, -0.15) is 0 Å². The van der Waals surface area contributed by atoms with Gasteiger partial charge in [0.2, 0.25) is 11.8 Å². The first kappa shape index (κ1) is 17.4. The molecule has 5 nitrogen and oxygen atoms in total. The van der Waals surface area contributed by atoms with E-state index in [4.69, 9.17) is 0 Å². The third kappa shape index (κ3) is 5.05. The summed E-state index contributed by atoms with van der Waals surface area (Å²) in [4.78, 5) is 22.9. The molecule has 24 heavy (non-hydrogen) atoms. The standard InChI is InChI=1S/C17H17F2N3O2/c1-11(23)21-12-4-2-5-13(10-12)22-16(24)8-9-20-17-14(18)6-3-7-15(17)19/h2-7,10,20H,8-9H2,1H3,(H,21,23)(H,22,24). The molecule has 7 heteroatoms. The molecule has 0 aromatic heterocycles. The van der Waals surface area contributed by atoms with Gasteiger partial charge in [0.1, 0.15) is 17.3 Å². The monoisotopic (exact) mass is 333 g/mol. The van der Waals surface area contributed by atoms with Crippen LogP contribution in [0.4, 0.5) is 25.8 Å². The topological polar surface area (TPSA) is 70.2 Å². The second-order valence-corrected chi connectivity index (χ2v) is 5.08. The Morgan fingerprint density at radius 3 is 2.17 bits per heavy atom. The number of anilines is 3. The average molecular weight is 333 g/mol. The lowest BCUT2D eigenvalue weighted by atomic mass is 10.2. The van der Waals surface area contributed by atoms with Crippen molar-refractivity contribution in [1.29, 1.82) is 0 Å². The molecule has 0 aliphatic heterocycles. The summed E-state index contributed by atoms with van der Waals surface area (Å²) < 4.78 is 26.9. The molecule has 2 aromatic carbocycles. The fourth-order valence-electron chi connectivity index (χ4n) is 2.07. The second-order valence-electron chi connectivity index (χ2n) is 5.08. The van der Waals surface area contributed by atoms with Crippen molar-refractivity contribution in [2.75, 3.05) is 22.5 Å². The minimum atomic E-state index is -0.710. The molecule has 0 spiro atoms. The smallest absolute Gasteiger partial charge is 0.226 e. The van der Waals surface area contributed by atoms with E-state index in [1.807, 2.05) is 0 Å². The maximum absolute atomic E-state index is 13.4. The Bertz CT molecular complexity index is 730. The highest BCUT2D eigenvalue weighted by Gasteiger charge is 2.09. The van der Waals surface area contributed by atoms with Gasteiger partial charge in [-0.1, -0.05) is 12.1 Å². The molecular weight excluding hydrogens is 316 g/mol. The van der Waals surface area contributed by atoms with Gasteiger partial charge in [0.25, 0.3) is 0 Å². The van der Waals surface area contributed by atoms with Crippen LogP contribution in [-0.2, 0) is 9.59 Å². The quantitative estimate of drug-likeness (QED) is 0.759. The number of carbonyl (C=O) groups excluding carboxylic acids is 2. The van der Waals surface area contributed by atoms with E-state index in [0.29, 0.717) is 11.4 Å². The SMILES string of the molecule is CC(=O)Nc1cccc(NC(=O)CCNc2c(F)cccc2F)c1. The Balaban J connectivity index is 1.86. The molecule has 0 unspecified atom stereocenters. The van der Waals surface area contributed by atoms with Crippen LogP contribution in [0.3, 0.4) is 0 Å². The Morgan fingerprint density at radius 2 is 1.54 bits per heavy atom. The fourth-order valence-corrected chi connectivity index (χ4v) is 2.07. The molecule has 3 N–H and O–H groups in total. The number of hydrogen-bond donors (Lipinski definition) is 3. The second kappa shape index (κ2) is 8.05. The zero-order chi connectivity index (χ0) is 17.5. The lowest BCUT2D eigenvalue weighted by Gasteiger charge is -2.10. The van der Waals surface area contributed by atoms with E-state index in [1.54, 1.807) is 24.3 Å². The highest BCUT2D eigenvalue weighted by Crippen LogP contribution is 2.18. The predicted molar refractivity (Wildman–Crippen MR) is 88.8 cm³/mol. The van der Waals surface area contributed by atoms with Crippen LogP contribution < -0.4 is 16.0 Å². The van der Waals surface area contributed by atoms with E-state index < -0.39 is 11.6 Å². The van der Waals surface area contributed by atoms with E-state index in [2.05, 4.69) is 16.0 Å². The number of halogens is 2. The Labute approximate surface area is 138 Å². The van der Waals surface area contributed by atoms with E-state index >= 15 is 0 Å². The van der Waals surface area contributed by atoms with Gasteiger partial charge in [0.05, 0.1) is 0 Å². The van der Waals surface area contributed by atoms with E-state index in [1.165, 1.54) is 13.0 Å². The van der Waals surface area contributed by atoms with Crippen molar-refractivity contribution >= 4 is 28.9 Å². The van der Waals surface area contributed by atoms with Crippen molar-refractivity contribution in [2.45, 2.75) is 13.3 Å². The van der Waals surface area contributed by atoms with Crippen molar-refractivity contribution in [2.24, 2.45) is 0 Å². The van der Waals surface area contributed by atoms with E-state index in [0.717, 1.165) is 12.1 Å². The molecule has 2 amide bonds. The van der Waals surface area contributed by atoms with Gasteiger partial charge in [-0.3, -0.25) is 9.59 Å². The number of nitrogens with one attached hydrogen (secondary N) is 3. The number of carbonyl (C=O) groups is 2. The van der Waals surface area contributed by atoms with E-state index in [-0.39, 0.29) is 30.5 Å². The molecule has 126 valence electrons. The zero-order valence-corrected chi connectivity index (χ0v) is 13.0. The molecule has 0 heterocycles. The minimum Gasteiger partial charge on any atom is -0.380 e. The summed E-state index contributed by atoms with van der Waals surface area (Å²) in [5.74, 6) is -1.95. The molecule has 0 atom stereocenters. The van der Waals surface area contributed by atoms with Crippen LogP contribution in [0.2, 0.25) is 0 Å². The molecule has 0 saturated carbocycles. The first-order valence-electron chi connectivity index (χ1n) is 7.31. The number of hydrogen-bond acceptors (Lipinski definition) is 3. The third-order valence-electron chi connectivity index (χ3n) is 3.08. The summed E-state index contributed by atoms with van der Waals surface area (Å²) in [6.45, 7) is 1.47. The van der Waals surface area contributed by atoms with Gasteiger partial charge in [-0.15, -0.1) is 0 Å². The normalized spacial score (nSPS) is 10.1. The summed E-state index contributed by atoms with van der Waals surface area (Å²) in [5, 5.41) is 7.83. The molecule has 0 saturated heterocycles. The number of para-hydroxylation sites is 1. The molecule has 0 aliphatic carbocycles. The predicted octanol–water partition coefficient (Wildman–Crippen LogP) is 3.36. The Hall–Kier alpha value is -2.96. The van der Waals surface area contributed by atoms with Crippen LogP contribution in [0.5, 0.6) is 0 Å². The van der Waals surface area contributed by atoms with Crippen LogP contribution in [0.15, 0.2) is 42.5 Å². The summed E-state index contributed by atoms with van der Waals surface area (Å²) >= 11 is 0. The minimum absolute atomic E-state index is 0.0259. The summed E-state index contributed by atoms with van der Waals surface area (Å²) in [6.07, 6.45) is 0.0259. The largest absolute Gasteiger partial charge is 0.380 e. The maximum Gasteiger partial charge on any atom is 0.226 e. The van der Waals surface area contributed by atoms with Crippen molar-refractivity contribution in [3.05, 3.63) is 54.1 Å². The lowest BCUT2D eigenvalue weighted by molar-refractivity contribution is -0.116. The zero-order valence-electron chi connectivity index (χ0n) is 13.0. The maximum atomic E-state index is 13.4. The molecule has 0 bridgehead atoms. The van der Waals surface area contributed by atoms with Gasteiger partial charge in [0, 0.05) is 31.3 Å². The number of amides is 2. The third-order valence-corrected chi connectivity index (χ3v) is 3.08. The first-order valence-corrected chi connectivity index (χ1v) is 7.31. The molecule has 0 fully saturated rings. The highest BCUT2D eigenvalue weighted by atomic mass is 19.1. The molecule has 2 rings (SSSR count). The van der Waals surface area contributed by atoms with Gasteiger partial charge < -0.3 is 16.0 Å². The van der Waals surface area contributed by atoms with Gasteiger partial charge in [0.15, 0.2) is 0 Å². The molecule has 0 aliphatic rings. The fraction of sp³-hybridized carbons (Fsp3) is 0.176. The van der Waals surface area contributed by atoms with Crippen molar-refractivity contribution in [3.63, 3.8) is 0 Å². The van der Waals surface area contributed by atoms with Crippen LogP contribution in [-0.4, -0.2) is 18.4 Å². The highest BCUT2D eigenvalue weighted by molar-refractivity contribution is 5.93. The number of rotatable bonds is 6. The van der Waals surface area contributed by atoms with Crippen molar-refractivity contribution in [3.8, 4) is 0 Å². The Kier molecular flexibility index (Phi) is 5.83. The van der Waals surface area contributed by atoms with Crippen LogP contribution in [0, 0.1) is 11.6 Å². The summed E-state index contributed by atoms with van der Waals surface area (Å²) in [7, 11) is 0. The molecule has 0 radical (unpaired) electrons. The van der Waals surface area contributed by atoms with Gasteiger partial charge in [-0.05, 0) is 30.3 Å². The first-order chi connectivity index (χ1) is 11.5. The summed E-state index contributed by atoms with van der Waals surface area (Å²) in [5.41, 5.74) is 0.827. The molecule has 2 aromatic rings. The summed E-state index contributed by atoms with van der Waals surface area (Å²) in [6, 6.07) is 10.2.